The maximum absolute atomic E-state index is 12.9. The summed E-state index contributed by atoms with van der Waals surface area (Å²) in [6.07, 6.45) is 0. The van der Waals surface area contributed by atoms with Crippen LogP contribution < -0.4 is 15.1 Å². The van der Waals surface area contributed by atoms with Crippen molar-refractivity contribution in [2.75, 3.05) is 46.8 Å². The summed E-state index contributed by atoms with van der Waals surface area (Å²) >= 11 is 1.30. The van der Waals surface area contributed by atoms with Gasteiger partial charge in [-0.05, 0) is 36.8 Å². The van der Waals surface area contributed by atoms with Crippen LogP contribution in [0.3, 0.4) is 0 Å². The Morgan fingerprint density at radius 3 is 2.47 bits per heavy atom. The number of anilines is 3. The lowest BCUT2D eigenvalue weighted by Crippen LogP contribution is -2.44. The largest absolute Gasteiger partial charge is 0.355 e. The molecule has 0 radical (unpaired) electrons. The molecule has 7 nitrogen and oxygen atoms in total. The molecule has 1 aromatic heterocycles. The molecule has 8 heteroatoms. The molecule has 0 atom stereocenters. The number of aryl methyl sites for hydroxylation is 1. The number of carbonyl (C=O) groups excluding carboxylic acids is 2. The normalized spacial score (nSPS) is 13.3. The first-order valence-corrected chi connectivity index (χ1v) is 10.9. The number of fused-ring (bicyclic) bond motifs is 2. The highest BCUT2D eigenvalue weighted by molar-refractivity contribution is 8.00. The number of nitrogens with one attached hydrogen (secondary N) is 1. The predicted molar refractivity (Wildman–Crippen MR) is 122 cm³/mol. The molecule has 0 saturated carbocycles. The minimum Gasteiger partial charge on any atom is -0.355 e. The van der Waals surface area contributed by atoms with Crippen molar-refractivity contribution in [3.63, 3.8) is 0 Å². The smallest absolute Gasteiger partial charge is 0.238 e. The van der Waals surface area contributed by atoms with Crippen molar-refractivity contribution in [1.29, 1.82) is 0 Å². The van der Waals surface area contributed by atoms with Crippen LogP contribution in [-0.2, 0) is 9.59 Å². The molecule has 30 heavy (non-hydrogen) atoms. The summed E-state index contributed by atoms with van der Waals surface area (Å²) in [5.74, 6) is 1.51. The second-order valence-electron chi connectivity index (χ2n) is 7.24. The topological polar surface area (TPSA) is 78.4 Å². The molecule has 2 heterocycles. The summed E-state index contributed by atoms with van der Waals surface area (Å²) < 4.78 is 0. The van der Waals surface area contributed by atoms with E-state index in [9.17, 15) is 9.59 Å². The summed E-state index contributed by atoms with van der Waals surface area (Å²) in [6.45, 7) is 3.21. The molecular formula is C22H23N5O2S. The average Bonchev–Trinajstić information content (AvgIpc) is 2.73. The van der Waals surface area contributed by atoms with Crippen LogP contribution >= 0.6 is 11.8 Å². The molecule has 1 aliphatic heterocycles. The maximum atomic E-state index is 12.9. The second-order valence-corrected chi connectivity index (χ2v) is 8.22. The van der Waals surface area contributed by atoms with Crippen molar-refractivity contribution in [2.45, 2.75) is 6.92 Å². The van der Waals surface area contributed by atoms with E-state index in [4.69, 9.17) is 4.98 Å². The van der Waals surface area contributed by atoms with Crippen molar-refractivity contribution in [2.24, 2.45) is 0 Å². The zero-order chi connectivity index (χ0) is 21.1. The minimum atomic E-state index is -0.122. The van der Waals surface area contributed by atoms with Crippen LogP contribution in [0.15, 0.2) is 48.5 Å². The number of nitrogens with zero attached hydrogens (tertiary/aromatic N) is 4. The maximum Gasteiger partial charge on any atom is 0.238 e. The minimum absolute atomic E-state index is 0.0673. The monoisotopic (exact) mass is 421 g/mol. The Morgan fingerprint density at radius 2 is 1.73 bits per heavy atom. The highest BCUT2D eigenvalue weighted by Gasteiger charge is 2.28. The summed E-state index contributed by atoms with van der Waals surface area (Å²) in [5, 5.41) is 2.86. The zero-order valence-corrected chi connectivity index (χ0v) is 17.8. The van der Waals surface area contributed by atoms with Gasteiger partial charge in [0.05, 0.1) is 22.5 Å². The fraction of sp³-hybridized carbons (Fsp3) is 0.273. The van der Waals surface area contributed by atoms with Crippen LogP contribution in [0.25, 0.3) is 11.0 Å². The van der Waals surface area contributed by atoms with Crippen molar-refractivity contribution in [3.05, 3.63) is 54.1 Å². The number of carbonyl (C=O) groups is 2. The molecule has 1 N–H and O–H groups in total. The quantitative estimate of drug-likeness (QED) is 0.682. The van der Waals surface area contributed by atoms with E-state index in [2.05, 4.69) is 10.3 Å². The van der Waals surface area contributed by atoms with Crippen LogP contribution in [-0.4, -0.2) is 53.4 Å². The van der Waals surface area contributed by atoms with Gasteiger partial charge < -0.3 is 10.2 Å². The number of rotatable bonds is 5. The van der Waals surface area contributed by atoms with Crippen LogP contribution in [0, 0.1) is 6.92 Å². The van der Waals surface area contributed by atoms with Crippen LogP contribution in [0.4, 0.5) is 17.3 Å². The Hall–Kier alpha value is -3.13. The zero-order valence-electron chi connectivity index (χ0n) is 17.0. The number of benzene rings is 2. The number of hydrogen-bond acceptors (Lipinski definition) is 6. The summed E-state index contributed by atoms with van der Waals surface area (Å²) in [5.41, 5.74) is 3.41. The molecule has 0 spiro atoms. The van der Waals surface area contributed by atoms with Crippen molar-refractivity contribution < 1.29 is 9.59 Å². The van der Waals surface area contributed by atoms with E-state index in [1.807, 2.05) is 67.4 Å². The van der Waals surface area contributed by atoms with E-state index in [-0.39, 0.29) is 23.3 Å². The lowest BCUT2D eigenvalue weighted by Gasteiger charge is -2.33. The van der Waals surface area contributed by atoms with Crippen LogP contribution in [0.2, 0.25) is 0 Å². The van der Waals surface area contributed by atoms with Crippen LogP contribution in [0.5, 0.6) is 0 Å². The molecule has 2 amide bonds. The van der Waals surface area contributed by atoms with Gasteiger partial charge in [0.2, 0.25) is 11.8 Å². The van der Waals surface area contributed by atoms with Crippen LogP contribution in [0.1, 0.15) is 5.56 Å². The fourth-order valence-electron chi connectivity index (χ4n) is 3.35. The van der Waals surface area contributed by atoms with Gasteiger partial charge in [-0.1, -0.05) is 24.3 Å². The van der Waals surface area contributed by atoms with E-state index in [1.165, 1.54) is 11.8 Å². The summed E-state index contributed by atoms with van der Waals surface area (Å²) in [7, 11) is 1.95. The summed E-state index contributed by atoms with van der Waals surface area (Å²) in [4.78, 5) is 38.1. The molecule has 1 aliphatic rings. The SMILES string of the molecule is Cc1cccc(NC(=O)CSCC(=O)N2CCN(C)c3nc4ccccc4nc32)c1. The molecule has 154 valence electrons. The standard InChI is InChI=1S/C22H23N5O2S/c1-15-6-5-7-16(12-15)23-19(28)13-30-14-20(29)27-11-10-26(2)21-22(27)25-18-9-4-3-8-17(18)24-21/h3-9,12H,10-11,13-14H2,1-2H3,(H,23,28). The third-order valence-electron chi connectivity index (χ3n) is 4.87. The third kappa shape index (κ3) is 4.38. The molecule has 0 saturated heterocycles. The number of amides is 2. The van der Waals surface area contributed by atoms with Gasteiger partial charge in [0.1, 0.15) is 0 Å². The van der Waals surface area contributed by atoms with E-state index in [0.29, 0.717) is 24.7 Å². The molecular weight excluding hydrogens is 398 g/mol. The van der Waals surface area contributed by atoms with Crippen molar-refractivity contribution in [3.8, 4) is 0 Å². The van der Waals surface area contributed by atoms with Gasteiger partial charge in [-0.3, -0.25) is 14.5 Å². The molecule has 0 unspecified atom stereocenters. The fourth-order valence-corrected chi connectivity index (χ4v) is 4.04. The molecule has 0 fully saturated rings. The first-order valence-electron chi connectivity index (χ1n) is 9.74. The Bertz CT molecular complexity index is 1100. The number of hydrogen-bond donors (Lipinski definition) is 1. The number of aromatic nitrogens is 2. The van der Waals surface area contributed by atoms with Gasteiger partial charge in [-0.2, -0.15) is 0 Å². The molecule has 2 aromatic carbocycles. The molecule has 3 aromatic rings. The summed E-state index contributed by atoms with van der Waals surface area (Å²) in [6, 6.07) is 15.3. The Labute approximate surface area is 179 Å². The number of likely N-dealkylation sites (N-methyl/N-ethyl adjacent to an activating group) is 1. The molecule has 4 rings (SSSR count). The Balaban J connectivity index is 1.40. The Morgan fingerprint density at radius 1 is 1.00 bits per heavy atom. The lowest BCUT2D eigenvalue weighted by molar-refractivity contribution is -0.116. The number of thioether (sulfide) groups is 1. The lowest BCUT2D eigenvalue weighted by atomic mass is 10.2. The van der Waals surface area contributed by atoms with Crippen molar-refractivity contribution >= 4 is 51.9 Å². The van der Waals surface area contributed by atoms with Gasteiger partial charge in [-0.15, -0.1) is 11.8 Å². The van der Waals surface area contributed by atoms with E-state index < -0.39 is 0 Å². The van der Waals surface area contributed by atoms with Gasteiger partial charge in [0, 0.05) is 25.8 Å². The first-order chi connectivity index (χ1) is 14.5. The average molecular weight is 422 g/mol. The highest BCUT2D eigenvalue weighted by Crippen LogP contribution is 2.30. The van der Waals surface area contributed by atoms with Gasteiger partial charge in [-0.25, -0.2) is 9.97 Å². The van der Waals surface area contributed by atoms with E-state index >= 15 is 0 Å². The molecule has 0 bridgehead atoms. The van der Waals surface area contributed by atoms with Gasteiger partial charge in [0.25, 0.3) is 0 Å². The second kappa shape index (κ2) is 8.71. The first kappa shape index (κ1) is 20.2. The predicted octanol–water partition coefficient (Wildman–Crippen LogP) is 3.09. The highest BCUT2D eigenvalue weighted by atomic mass is 32.2. The Kier molecular flexibility index (Phi) is 5.85. The molecule has 0 aliphatic carbocycles. The van der Waals surface area contributed by atoms with Crippen molar-refractivity contribution in [1.82, 2.24) is 9.97 Å². The van der Waals surface area contributed by atoms with Gasteiger partial charge >= 0.3 is 0 Å². The van der Waals surface area contributed by atoms with Gasteiger partial charge in [0.15, 0.2) is 11.6 Å². The number of para-hydroxylation sites is 2. The van der Waals surface area contributed by atoms with E-state index in [0.717, 1.165) is 22.3 Å². The van der Waals surface area contributed by atoms with E-state index in [1.54, 1.807) is 4.90 Å². The third-order valence-corrected chi connectivity index (χ3v) is 5.79.